The van der Waals surface area contributed by atoms with E-state index in [0.29, 0.717) is 11.7 Å². The summed E-state index contributed by atoms with van der Waals surface area (Å²) in [6, 6.07) is 7.61. The van der Waals surface area contributed by atoms with Crippen molar-refractivity contribution < 1.29 is 14.3 Å². The number of H-pyrrole nitrogens is 1. The van der Waals surface area contributed by atoms with Gasteiger partial charge in [-0.05, 0) is 37.5 Å². The molecular formula is C17H22N4O3S. The number of benzene rings is 1. The van der Waals surface area contributed by atoms with E-state index in [2.05, 4.69) is 20.5 Å². The molecule has 1 aromatic heterocycles. The van der Waals surface area contributed by atoms with Gasteiger partial charge in [0.05, 0.1) is 12.4 Å². The molecule has 1 fully saturated rings. The van der Waals surface area contributed by atoms with Crippen LogP contribution in [-0.2, 0) is 16.1 Å². The molecule has 0 unspecified atom stereocenters. The summed E-state index contributed by atoms with van der Waals surface area (Å²) in [5, 5.41) is 10.3. The molecule has 1 amide bonds. The van der Waals surface area contributed by atoms with Crippen LogP contribution in [0.1, 0.15) is 37.3 Å². The van der Waals surface area contributed by atoms with Crippen molar-refractivity contribution in [3.63, 3.8) is 0 Å². The molecule has 134 valence electrons. The average molecular weight is 362 g/mol. The molecule has 2 atom stereocenters. The monoisotopic (exact) mass is 362 g/mol. The van der Waals surface area contributed by atoms with Gasteiger partial charge in [0.15, 0.2) is 5.82 Å². The minimum Gasteiger partial charge on any atom is -0.497 e. The fourth-order valence-corrected chi connectivity index (χ4v) is 3.29. The fourth-order valence-electron chi connectivity index (χ4n) is 2.54. The molecule has 1 aliphatic heterocycles. The number of thioether (sulfide) groups is 1. The molecule has 1 saturated heterocycles. The third-order valence-corrected chi connectivity index (χ3v) is 4.96. The van der Waals surface area contributed by atoms with Crippen molar-refractivity contribution in [3.05, 3.63) is 35.7 Å². The maximum atomic E-state index is 12.3. The lowest BCUT2D eigenvalue weighted by molar-refractivity contribution is -0.120. The largest absolute Gasteiger partial charge is 0.497 e. The first kappa shape index (κ1) is 17.8. The molecule has 8 heteroatoms. The van der Waals surface area contributed by atoms with Crippen molar-refractivity contribution >= 4 is 17.7 Å². The molecule has 0 spiro atoms. The van der Waals surface area contributed by atoms with Gasteiger partial charge in [-0.15, -0.1) is 5.10 Å². The lowest BCUT2D eigenvalue weighted by Gasteiger charge is -2.10. The third-order valence-electron chi connectivity index (χ3n) is 3.99. The maximum Gasteiger partial charge on any atom is 0.233 e. The Hall–Kier alpha value is -2.06. The number of rotatable bonds is 7. The van der Waals surface area contributed by atoms with Crippen LogP contribution in [0.15, 0.2) is 29.4 Å². The molecule has 2 aromatic rings. The van der Waals surface area contributed by atoms with Crippen LogP contribution in [0.5, 0.6) is 5.75 Å². The Balaban J connectivity index is 1.48. The zero-order valence-electron chi connectivity index (χ0n) is 14.3. The number of hydrogen-bond donors (Lipinski definition) is 2. The summed E-state index contributed by atoms with van der Waals surface area (Å²) in [6.07, 6.45) is 2.00. The number of nitrogens with one attached hydrogen (secondary N) is 2. The smallest absolute Gasteiger partial charge is 0.233 e. The van der Waals surface area contributed by atoms with E-state index >= 15 is 0 Å². The summed E-state index contributed by atoms with van der Waals surface area (Å²) >= 11 is 1.33. The van der Waals surface area contributed by atoms with Crippen LogP contribution >= 0.6 is 11.8 Å². The van der Waals surface area contributed by atoms with E-state index < -0.39 is 0 Å². The van der Waals surface area contributed by atoms with Gasteiger partial charge in [0.25, 0.3) is 0 Å². The Kier molecular flexibility index (Phi) is 5.93. The molecule has 0 bridgehead atoms. The number of carbonyl (C=O) groups is 1. The van der Waals surface area contributed by atoms with Crippen LogP contribution in [0.4, 0.5) is 0 Å². The van der Waals surface area contributed by atoms with E-state index in [1.54, 1.807) is 7.11 Å². The van der Waals surface area contributed by atoms with Crippen LogP contribution in [0.2, 0.25) is 0 Å². The summed E-state index contributed by atoms with van der Waals surface area (Å²) < 4.78 is 10.7. The van der Waals surface area contributed by atoms with Gasteiger partial charge in [-0.3, -0.25) is 9.89 Å². The number of aromatic amines is 1. The van der Waals surface area contributed by atoms with Crippen molar-refractivity contribution in [3.8, 4) is 5.75 Å². The van der Waals surface area contributed by atoms with Crippen molar-refractivity contribution in [1.82, 2.24) is 20.5 Å². The average Bonchev–Trinajstić information content (AvgIpc) is 3.31. The predicted octanol–water partition coefficient (Wildman–Crippen LogP) is 2.46. The zero-order chi connectivity index (χ0) is 17.6. The van der Waals surface area contributed by atoms with E-state index in [4.69, 9.17) is 9.47 Å². The van der Waals surface area contributed by atoms with E-state index in [0.717, 1.165) is 36.6 Å². The normalized spacial score (nSPS) is 18.1. The molecule has 25 heavy (non-hydrogen) atoms. The van der Waals surface area contributed by atoms with Gasteiger partial charge in [0.2, 0.25) is 11.1 Å². The highest BCUT2D eigenvalue weighted by Gasteiger charge is 2.23. The Morgan fingerprint density at radius 1 is 1.48 bits per heavy atom. The van der Waals surface area contributed by atoms with Gasteiger partial charge in [0, 0.05) is 13.2 Å². The number of hydrogen-bond acceptors (Lipinski definition) is 6. The first-order chi connectivity index (χ1) is 12.2. The second-order valence-electron chi connectivity index (χ2n) is 5.83. The third kappa shape index (κ3) is 4.73. The van der Waals surface area contributed by atoms with Crippen LogP contribution in [0.25, 0.3) is 0 Å². The van der Waals surface area contributed by atoms with Crippen molar-refractivity contribution in [2.75, 3.05) is 13.7 Å². The predicted molar refractivity (Wildman–Crippen MR) is 94.5 cm³/mol. The number of ether oxygens (including phenoxy) is 2. The lowest BCUT2D eigenvalue weighted by Crippen LogP contribution is -2.30. The fraction of sp³-hybridized carbons (Fsp3) is 0.471. The molecule has 2 heterocycles. The highest BCUT2D eigenvalue weighted by Crippen LogP contribution is 2.28. The van der Waals surface area contributed by atoms with Gasteiger partial charge >= 0.3 is 0 Å². The van der Waals surface area contributed by atoms with Crippen LogP contribution < -0.4 is 10.1 Å². The molecule has 1 aliphatic rings. The second-order valence-corrected chi connectivity index (χ2v) is 7.14. The van der Waals surface area contributed by atoms with Crippen molar-refractivity contribution in [1.29, 1.82) is 0 Å². The van der Waals surface area contributed by atoms with Gasteiger partial charge in [-0.1, -0.05) is 23.9 Å². The quantitative estimate of drug-likeness (QED) is 0.736. The first-order valence-corrected chi connectivity index (χ1v) is 9.15. The SMILES string of the molecule is COc1ccc(CNC(=O)[C@H](C)Sc2n[nH]c([C@H]3CCCO3)n2)cc1. The highest BCUT2D eigenvalue weighted by molar-refractivity contribution is 8.00. The number of methoxy groups -OCH3 is 1. The van der Waals surface area contributed by atoms with Crippen LogP contribution in [0, 0.1) is 0 Å². The van der Waals surface area contributed by atoms with Crippen molar-refractivity contribution in [2.45, 2.75) is 42.8 Å². The number of amides is 1. The van der Waals surface area contributed by atoms with Gasteiger partial charge in [-0.2, -0.15) is 0 Å². The molecule has 2 N–H and O–H groups in total. The minimum absolute atomic E-state index is 0.000977. The molecule has 0 saturated carbocycles. The summed E-state index contributed by atoms with van der Waals surface area (Å²) in [7, 11) is 1.63. The summed E-state index contributed by atoms with van der Waals surface area (Å²) in [6.45, 7) is 3.08. The Labute approximate surface area is 150 Å². The molecule has 3 rings (SSSR count). The zero-order valence-corrected chi connectivity index (χ0v) is 15.1. The van der Waals surface area contributed by atoms with Crippen LogP contribution in [-0.4, -0.2) is 40.1 Å². The second kappa shape index (κ2) is 8.35. The van der Waals surface area contributed by atoms with Gasteiger partial charge in [0.1, 0.15) is 11.9 Å². The standard InChI is InChI=1S/C17H22N4O3S/c1-11(16(22)18-10-12-5-7-13(23-2)8-6-12)25-17-19-15(20-21-17)14-4-3-9-24-14/h5-8,11,14H,3-4,9-10H2,1-2H3,(H,18,22)(H,19,20,21)/t11-,14+/m0/s1. The first-order valence-electron chi connectivity index (χ1n) is 8.27. The summed E-state index contributed by atoms with van der Waals surface area (Å²) in [5.74, 6) is 1.49. The van der Waals surface area contributed by atoms with Crippen molar-refractivity contribution in [2.24, 2.45) is 0 Å². The van der Waals surface area contributed by atoms with E-state index in [1.807, 2.05) is 31.2 Å². The Morgan fingerprint density at radius 3 is 2.96 bits per heavy atom. The Morgan fingerprint density at radius 2 is 2.28 bits per heavy atom. The number of aromatic nitrogens is 3. The molecule has 1 aromatic carbocycles. The lowest BCUT2D eigenvalue weighted by atomic mass is 10.2. The van der Waals surface area contributed by atoms with E-state index in [1.165, 1.54) is 11.8 Å². The molecular weight excluding hydrogens is 340 g/mol. The minimum atomic E-state index is -0.286. The number of carbonyl (C=O) groups excluding carboxylic acids is 1. The van der Waals surface area contributed by atoms with Gasteiger partial charge in [-0.25, -0.2) is 4.98 Å². The molecule has 0 radical (unpaired) electrons. The number of nitrogens with zero attached hydrogens (tertiary/aromatic N) is 2. The maximum absolute atomic E-state index is 12.3. The van der Waals surface area contributed by atoms with E-state index in [-0.39, 0.29) is 17.3 Å². The highest BCUT2D eigenvalue weighted by atomic mass is 32.2. The van der Waals surface area contributed by atoms with Gasteiger partial charge < -0.3 is 14.8 Å². The molecule has 0 aliphatic carbocycles. The molecule has 7 nitrogen and oxygen atoms in total. The van der Waals surface area contributed by atoms with E-state index in [9.17, 15) is 4.79 Å². The Bertz CT molecular complexity index is 698. The topological polar surface area (TPSA) is 89.1 Å². The van der Waals surface area contributed by atoms with Crippen LogP contribution in [0.3, 0.4) is 0 Å². The summed E-state index contributed by atoms with van der Waals surface area (Å²) in [5.41, 5.74) is 1.02. The summed E-state index contributed by atoms with van der Waals surface area (Å²) in [4.78, 5) is 16.7.